The lowest BCUT2D eigenvalue weighted by Gasteiger charge is -2.06. The van der Waals surface area contributed by atoms with Gasteiger partial charge in [0.2, 0.25) is 0 Å². The van der Waals surface area contributed by atoms with Gasteiger partial charge in [0.05, 0.1) is 0 Å². The molecule has 0 saturated heterocycles. The number of carbonyl (C=O) groups excluding carboxylic acids is 1. The molecule has 1 amide bonds. The van der Waals surface area contributed by atoms with Crippen LogP contribution in [0.15, 0.2) is 28.9 Å². The quantitative estimate of drug-likeness (QED) is 0.921. The van der Waals surface area contributed by atoms with Crippen LogP contribution in [0.4, 0.5) is 5.82 Å². The largest absolute Gasteiger partial charge is 0.304 e. The number of aromatic nitrogens is 2. The average molecular weight is 347 g/mol. The second kappa shape index (κ2) is 6.10. The third-order valence-electron chi connectivity index (χ3n) is 2.92. The second-order valence-electron chi connectivity index (χ2n) is 5.05. The fourth-order valence-electron chi connectivity index (χ4n) is 1.88. The Hall–Kier alpha value is -2.13. The Morgan fingerprint density at radius 1 is 1.43 bits per heavy atom. The Kier molecular flexibility index (Phi) is 4.43. The van der Waals surface area contributed by atoms with Gasteiger partial charge in [0.15, 0.2) is 5.82 Å². The van der Waals surface area contributed by atoms with Crippen molar-refractivity contribution in [3.05, 3.63) is 45.6 Å². The van der Waals surface area contributed by atoms with Gasteiger partial charge in [-0.3, -0.25) is 9.48 Å². The number of amides is 1. The smallest absolute Gasteiger partial charge is 0.256 e. The van der Waals surface area contributed by atoms with E-state index in [2.05, 4.69) is 26.3 Å². The maximum atomic E-state index is 12.3. The van der Waals surface area contributed by atoms with Crippen molar-refractivity contribution in [1.82, 2.24) is 9.78 Å². The molecule has 2 aromatic rings. The summed E-state index contributed by atoms with van der Waals surface area (Å²) in [7, 11) is 0. The number of halogens is 1. The number of hydrogen-bond donors (Lipinski definition) is 1. The Balaban J connectivity index is 2.29. The van der Waals surface area contributed by atoms with Crippen molar-refractivity contribution in [2.75, 3.05) is 5.32 Å². The number of aryl methyl sites for hydroxylation is 1. The second-order valence-corrected chi connectivity index (χ2v) is 5.96. The summed E-state index contributed by atoms with van der Waals surface area (Å²) in [4.78, 5) is 12.3. The van der Waals surface area contributed by atoms with E-state index in [1.165, 1.54) is 0 Å². The first-order chi connectivity index (χ1) is 9.90. The molecular weight excluding hydrogens is 332 g/mol. The van der Waals surface area contributed by atoms with Crippen LogP contribution in [0.3, 0.4) is 0 Å². The lowest BCUT2D eigenvalue weighted by Crippen LogP contribution is -2.14. The highest BCUT2D eigenvalue weighted by atomic mass is 79.9. The minimum Gasteiger partial charge on any atom is -0.304 e. The highest BCUT2D eigenvalue weighted by Crippen LogP contribution is 2.19. The van der Waals surface area contributed by atoms with Crippen LogP contribution in [0.2, 0.25) is 0 Å². The molecule has 0 unspecified atom stereocenters. The fourth-order valence-corrected chi connectivity index (χ4v) is 2.49. The van der Waals surface area contributed by atoms with Crippen LogP contribution in [0, 0.1) is 18.3 Å². The third-order valence-corrected chi connectivity index (χ3v) is 3.38. The predicted octanol–water partition coefficient (Wildman–Crippen LogP) is 3.66. The minimum absolute atomic E-state index is 0.121. The number of nitrogens with one attached hydrogen (secondary N) is 1. The zero-order valence-corrected chi connectivity index (χ0v) is 13.6. The fraction of sp³-hybridized carbons (Fsp3) is 0.267. The maximum Gasteiger partial charge on any atom is 0.256 e. The molecule has 0 aliphatic rings. The Labute approximate surface area is 131 Å². The highest BCUT2D eigenvalue weighted by Gasteiger charge is 2.15. The summed E-state index contributed by atoms with van der Waals surface area (Å²) < 4.78 is 2.49. The summed E-state index contributed by atoms with van der Waals surface area (Å²) >= 11 is 3.37. The van der Waals surface area contributed by atoms with Gasteiger partial charge in [-0.25, -0.2) is 0 Å². The molecule has 5 nitrogen and oxygen atoms in total. The first-order valence-corrected chi connectivity index (χ1v) is 7.28. The summed E-state index contributed by atoms with van der Waals surface area (Å²) in [5.74, 6) is -0.00117. The van der Waals surface area contributed by atoms with Crippen molar-refractivity contribution in [2.45, 2.75) is 26.8 Å². The molecule has 1 aromatic heterocycles. The van der Waals surface area contributed by atoms with Gasteiger partial charge >= 0.3 is 0 Å². The van der Waals surface area contributed by atoms with Gasteiger partial charge in [0.1, 0.15) is 11.6 Å². The molecule has 0 bridgehead atoms. The summed E-state index contributed by atoms with van der Waals surface area (Å²) in [6.07, 6.45) is 1.63. The SMILES string of the molecule is Cc1cc(Br)cc(C(=O)Nc2nn(C(C)C)cc2C#N)c1. The Morgan fingerprint density at radius 2 is 2.14 bits per heavy atom. The molecule has 0 atom stereocenters. The molecular formula is C15H15BrN4O. The summed E-state index contributed by atoms with van der Waals surface area (Å²) in [5, 5.41) is 16.1. The molecule has 0 saturated carbocycles. The van der Waals surface area contributed by atoms with E-state index in [9.17, 15) is 4.79 Å². The molecule has 0 fully saturated rings. The van der Waals surface area contributed by atoms with Crippen LogP contribution in [0.1, 0.15) is 41.4 Å². The molecule has 108 valence electrons. The monoisotopic (exact) mass is 346 g/mol. The van der Waals surface area contributed by atoms with Gasteiger partial charge in [-0.1, -0.05) is 15.9 Å². The third kappa shape index (κ3) is 3.50. The zero-order chi connectivity index (χ0) is 15.6. The van der Waals surface area contributed by atoms with E-state index in [0.717, 1.165) is 10.0 Å². The van der Waals surface area contributed by atoms with Gasteiger partial charge in [0, 0.05) is 22.3 Å². The van der Waals surface area contributed by atoms with Crippen molar-refractivity contribution in [3.63, 3.8) is 0 Å². The van der Waals surface area contributed by atoms with Crippen molar-refractivity contribution < 1.29 is 4.79 Å². The van der Waals surface area contributed by atoms with Gasteiger partial charge in [0.25, 0.3) is 5.91 Å². The molecule has 21 heavy (non-hydrogen) atoms. The number of nitriles is 1. The summed E-state index contributed by atoms with van der Waals surface area (Å²) in [5.41, 5.74) is 1.84. The lowest BCUT2D eigenvalue weighted by molar-refractivity contribution is 0.102. The van der Waals surface area contributed by atoms with Crippen molar-refractivity contribution >= 4 is 27.7 Å². The summed E-state index contributed by atoms with van der Waals surface area (Å²) in [6.45, 7) is 5.82. The van der Waals surface area contributed by atoms with Crippen LogP contribution in [0.25, 0.3) is 0 Å². The molecule has 2 rings (SSSR count). The molecule has 0 aliphatic carbocycles. The number of carbonyl (C=O) groups is 1. The van der Waals surface area contributed by atoms with E-state index in [-0.39, 0.29) is 17.8 Å². The number of hydrogen-bond acceptors (Lipinski definition) is 3. The number of anilines is 1. The van der Waals surface area contributed by atoms with Crippen molar-refractivity contribution in [3.8, 4) is 6.07 Å². The van der Waals surface area contributed by atoms with E-state index in [1.54, 1.807) is 23.0 Å². The van der Waals surface area contributed by atoms with Gasteiger partial charge in [-0.05, 0) is 44.5 Å². The standard InChI is InChI=1S/C15H15BrN4O/c1-9(2)20-8-12(7-17)14(19-20)18-15(21)11-4-10(3)5-13(16)6-11/h4-6,8-9H,1-3H3,(H,18,19,21). The molecule has 0 aliphatic heterocycles. The average Bonchev–Trinajstić information content (AvgIpc) is 2.80. The summed E-state index contributed by atoms with van der Waals surface area (Å²) in [6, 6.07) is 7.60. The van der Waals surface area contributed by atoms with Crippen LogP contribution in [-0.4, -0.2) is 15.7 Å². The topological polar surface area (TPSA) is 70.7 Å². The highest BCUT2D eigenvalue weighted by molar-refractivity contribution is 9.10. The van der Waals surface area contributed by atoms with Crippen LogP contribution in [0.5, 0.6) is 0 Å². The molecule has 1 heterocycles. The molecule has 1 N–H and O–H groups in total. The van der Waals surface area contributed by atoms with E-state index in [1.807, 2.05) is 32.9 Å². The molecule has 6 heteroatoms. The predicted molar refractivity (Wildman–Crippen MR) is 84.2 cm³/mol. The number of rotatable bonds is 3. The normalized spacial score (nSPS) is 10.5. The van der Waals surface area contributed by atoms with Gasteiger partial charge in [-0.2, -0.15) is 10.4 Å². The van der Waals surface area contributed by atoms with Crippen LogP contribution >= 0.6 is 15.9 Å². The maximum absolute atomic E-state index is 12.3. The first-order valence-electron chi connectivity index (χ1n) is 6.48. The molecule has 0 radical (unpaired) electrons. The van der Waals surface area contributed by atoms with Gasteiger partial charge < -0.3 is 5.32 Å². The van der Waals surface area contributed by atoms with E-state index in [4.69, 9.17) is 5.26 Å². The first kappa shape index (κ1) is 15.3. The van der Waals surface area contributed by atoms with E-state index >= 15 is 0 Å². The minimum atomic E-state index is -0.287. The van der Waals surface area contributed by atoms with Crippen molar-refractivity contribution in [1.29, 1.82) is 5.26 Å². The van der Waals surface area contributed by atoms with E-state index < -0.39 is 0 Å². The van der Waals surface area contributed by atoms with Crippen LogP contribution < -0.4 is 5.32 Å². The molecule has 1 aromatic carbocycles. The number of benzene rings is 1. The van der Waals surface area contributed by atoms with E-state index in [0.29, 0.717) is 11.1 Å². The lowest BCUT2D eigenvalue weighted by atomic mass is 10.1. The Morgan fingerprint density at radius 3 is 2.71 bits per heavy atom. The zero-order valence-electron chi connectivity index (χ0n) is 12.0. The Bertz CT molecular complexity index is 708. The molecule has 0 spiro atoms. The van der Waals surface area contributed by atoms with Crippen molar-refractivity contribution in [2.24, 2.45) is 0 Å². The number of nitrogens with zero attached hydrogens (tertiary/aromatic N) is 3. The van der Waals surface area contributed by atoms with Crippen LogP contribution in [-0.2, 0) is 0 Å². The van der Waals surface area contributed by atoms with Gasteiger partial charge in [-0.15, -0.1) is 0 Å².